The summed E-state index contributed by atoms with van der Waals surface area (Å²) in [5.41, 5.74) is 6.59. The van der Waals surface area contributed by atoms with Crippen molar-refractivity contribution in [3.8, 4) is 11.5 Å². The summed E-state index contributed by atoms with van der Waals surface area (Å²) >= 11 is 0. The van der Waals surface area contributed by atoms with E-state index in [1.807, 2.05) is 54.6 Å². The van der Waals surface area contributed by atoms with E-state index in [-0.39, 0.29) is 37.3 Å². The first-order valence-corrected chi connectivity index (χ1v) is 9.83. The standard InChI is InChI=1S/C22H29N3O4.2ClH/c1-28-19-9-5-6-10-20(19)29-16-18(26)15-24-11-13-25(14-12-24)21(22(23)27)17-7-3-2-4-8-17;;/h2-10,18,21,26H,11-16H2,1H3,(H2,23,27);2*1H. The number of β-amino-alcohol motifs (C(OH)–C–C–N with tert-alkyl or cyclic N) is 1. The molecule has 0 spiro atoms. The highest BCUT2D eigenvalue weighted by Crippen LogP contribution is 2.26. The van der Waals surface area contributed by atoms with Crippen molar-refractivity contribution >= 4 is 30.7 Å². The molecule has 1 amide bonds. The molecule has 0 radical (unpaired) electrons. The van der Waals surface area contributed by atoms with Crippen LogP contribution in [0.1, 0.15) is 11.6 Å². The minimum absolute atomic E-state index is 0. The molecule has 2 aromatic carbocycles. The lowest BCUT2D eigenvalue weighted by atomic mass is 10.0. The number of rotatable bonds is 9. The third kappa shape index (κ3) is 7.55. The number of nitrogens with zero attached hydrogens (tertiary/aromatic N) is 2. The van der Waals surface area contributed by atoms with Gasteiger partial charge in [-0.1, -0.05) is 42.5 Å². The summed E-state index contributed by atoms with van der Waals surface area (Å²) in [5, 5.41) is 10.4. The number of nitrogens with two attached hydrogens (primary N) is 1. The van der Waals surface area contributed by atoms with Crippen LogP contribution in [0.25, 0.3) is 0 Å². The van der Waals surface area contributed by atoms with E-state index in [1.54, 1.807) is 7.11 Å². The second-order valence-corrected chi connectivity index (χ2v) is 7.17. The normalized spacial score (nSPS) is 16.3. The minimum Gasteiger partial charge on any atom is -0.493 e. The quantitative estimate of drug-likeness (QED) is 0.582. The lowest BCUT2D eigenvalue weighted by molar-refractivity contribution is -0.124. The van der Waals surface area contributed by atoms with Crippen molar-refractivity contribution < 1.29 is 19.4 Å². The molecule has 1 fully saturated rings. The fourth-order valence-electron chi connectivity index (χ4n) is 3.67. The molecule has 2 atom stereocenters. The Hall–Kier alpha value is -2.03. The number of para-hydroxylation sites is 2. The molecule has 0 aromatic heterocycles. The monoisotopic (exact) mass is 471 g/mol. The largest absolute Gasteiger partial charge is 0.493 e. The summed E-state index contributed by atoms with van der Waals surface area (Å²) in [6.07, 6.45) is -0.618. The third-order valence-corrected chi connectivity index (χ3v) is 5.13. The Morgan fingerprint density at radius 2 is 1.58 bits per heavy atom. The van der Waals surface area contributed by atoms with Crippen molar-refractivity contribution in [2.45, 2.75) is 12.1 Å². The maximum atomic E-state index is 12.0. The van der Waals surface area contributed by atoms with Crippen molar-refractivity contribution in [3.05, 3.63) is 60.2 Å². The summed E-state index contributed by atoms with van der Waals surface area (Å²) in [5.74, 6) is 0.924. The zero-order valence-corrected chi connectivity index (χ0v) is 19.2. The van der Waals surface area contributed by atoms with Crippen LogP contribution < -0.4 is 15.2 Å². The minimum atomic E-state index is -0.618. The van der Waals surface area contributed by atoms with Gasteiger partial charge in [-0.05, 0) is 17.7 Å². The molecular weight excluding hydrogens is 441 g/mol. The Balaban J connectivity index is 0.00000240. The predicted molar refractivity (Wildman–Crippen MR) is 125 cm³/mol. The smallest absolute Gasteiger partial charge is 0.239 e. The lowest BCUT2D eigenvalue weighted by Crippen LogP contribution is -2.52. The van der Waals surface area contributed by atoms with Gasteiger partial charge in [-0.15, -0.1) is 24.8 Å². The Labute approximate surface area is 195 Å². The first-order chi connectivity index (χ1) is 14.1. The molecule has 172 valence electrons. The number of carbonyl (C=O) groups excluding carboxylic acids is 1. The molecular formula is C22H31Cl2N3O4. The highest BCUT2D eigenvalue weighted by molar-refractivity contribution is 5.85. The fraction of sp³-hybridized carbons (Fsp3) is 0.409. The van der Waals surface area contributed by atoms with Crippen LogP contribution in [0.4, 0.5) is 0 Å². The molecule has 1 aliphatic heterocycles. The van der Waals surface area contributed by atoms with Crippen LogP contribution in [0, 0.1) is 0 Å². The number of halogens is 2. The SMILES string of the molecule is COc1ccccc1OCC(O)CN1CCN(C(C(N)=O)c2ccccc2)CC1.Cl.Cl. The van der Waals surface area contributed by atoms with Crippen LogP contribution in [-0.4, -0.2) is 73.4 Å². The maximum Gasteiger partial charge on any atom is 0.239 e. The van der Waals surface area contributed by atoms with E-state index in [0.29, 0.717) is 31.1 Å². The number of benzene rings is 2. The van der Waals surface area contributed by atoms with Gasteiger partial charge in [0.15, 0.2) is 11.5 Å². The van der Waals surface area contributed by atoms with E-state index in [9.17, 15) is 9.90 Å². The first-order valence-electron chi connectivity index (χ1n) is 9.83. The highest BCUT2D eigenvalue weighted by Gasteiger charge is 2.29. The van der Waals surface area contributed by atoms with Gasteiger partial charge in [-0.3, -0.25) is 14.6 Å². The molecule has 1 aliphatic rings. The van der Waals surface area contributed by atoms with Gasteiger partial charge >= 0.3 is 0 Å². The van der Waals surface area contributed by atoms with Gasteiger partial charge in [0.1, 0.15) is 18.8 Å². The molecule has 3 N–H and O–H groups in total. The van der Waals surface area contributed by atoms with E-state index in [1.165, 1.54) is 0 Å². The van der Waals surface area contributed by atoms with Crippen LogP contribution in [0.5, 0.6) is 11.5 Å². The zero-order valence-electron chi connectivity index (χ0n) is 17.6. The number of amides is 1. The number of aliphatic hydroxyl groups excluding tert-OH is 1. The molecule has 2 aromatic rings. The third-order valence-electron chi connectivity index (χ3n) is 5.13. The maximum absolute atomic E-state index is 12.0. The van der Waals surface area contributed by atoms with Crippen LogP contribution >= 0.6 is 24.8 Å². The fourth-order valence-corrected chi connectivity index (χ4v) is 3.67. The average Bonchev–Trinajstić information content (AvgIpc) is 2.74. The zero-order chi connectivity index (χ0) is 20.6. The number of primary amides is 1. The molecule has 0 saturated carbocycles. The topological polar surface area (TPSA) is 88.3 Å². The van der Waals surface area contributed by atoms with E-state index < -0.39 is 12.1 Å². The van der Waals surface area contributed by atoms with Crippen LogP contribution in [0.2, 0.25) is 0 Å². The van der Waals surface area contributed by atoms with Gasteiger partial charge in [0.25, 0.3) is 0 Å². The molecule has 3 rings (SSSR count). The van der Waals surface area contributed by atoms with Gasteiger partial charge in [0.05, 0.1) is 7.11 Å². The molecule has 9 heteroatoms. The first kappa shape index (κ1) is 27.0. The number of carbonyl (C=O) groups is 1. The predicted octanol–water partition coefficient (Wildman–Crippen LogP) is 2.12. The van der Waals surface area contributed by atoms with Crippen molar-refractivity contribution in [1.29, 1.82) is 0 Å². The summed E-state index contributed by atoms with van der Waals surface area (Å²) < 4.78 is 11.0. The van der Waals surface area contributed by atoms with Crippen molar-refractivity contribution in [2.75, 3.05) is 46.4 Å². The second-order valence-electron chi connectivity index (χ2n) is 7.17. The number of ether oxygens (including phenoxy) is 2. The number of methoxy groups -OCH3 is 1. The molecule has 2 unspecified atom stereocenters. The summed E-state index contributed by atoms with van der Waals surface area (Å²) in [4.78, 5) is 16.3. The van der Waals surface area contributed by atoms with Crippen LogP contribution in [-0.2, 0) is 4.79 Å². The Kier molecular flexibility index (Phi) is 11.7. The molecule has 0 aliphatic carbocycles. The lowest BCUT2D eigenvalue weighted by Gasteiger charge is -2.38. The number of hydrogen-bond acceptors (Lipinski definition) is 6. The molecule has 7 nitrogen and oxygen atoms in total. The van der Waals surface area contributed by atoms with Gasteiger partial charge in [0.2, 0.25) is 5.91 Å². The summed E-state index contributed by atoms with van der Waals surface area (Å²) in [7, 11) is 1.59. The Morgan fingerprint density at radius 1 is 1.00 bits per heavy atom. The molecule has 31 heavy (non-hydrogen) atoms. The molecule has 0 bridgehead atoms. The van der Waals surface area contributed by atoms with Crippen molar-refractivity contribution in [3.63, 3.8) is 0 Å². The number of aliphatic hydroxyl groups is 1. The van der Waals surface area contributed by atoms with E-state index in [0.717, 1.165) is 18.7 Å². The Bertz CT molecular complexity index is 789. The molecule has 1 saturated heterocycles. The van der Waals surface area contributed by atoms with E-state index in [4.69, 9.17) is 15.2 Å². The van der Waals surface area contributed by atoms with Gasteiger partial charge in [0, 0.05) is 32.7 Å². The van der Waals surface area contributed by atoms with Gasteiger partial charge in [-0.2, -0.15) is 0 Å². The van der Waals surface area contributed by atoms with Gasteiger partial charge < -0.3 is 20.3 Å². The second kappa shape index (κ2) is 13.4. The van der Waals surface area contributed by atoms with Crippen molar-refractivity contribution in [1.82, 2.24) is 9.80 Å². The average molecular weight is 472 g/mol. The summed E-state index contributed by atoms with van der Waals surface area (Å²) in [6.45, 7) is 3.62. The number of hydrogen-bond donors (Lipinski definition) is 2. The van der Waals surface area contributed by atoms with Crippen LogP contribution in [0.3, 0.4) is 0 Å². The molecule has 1 heterocycles. The number of piperazine rings is 1. The van der Waals surface area contributed by atoms with E-state index in [2.05, 4.69) is 9.80 Å². The Morgan fingerprint density at radius 3 is 2.16 bits per heavy atom. The van der Waals surface area contributed by atoms with Crippen LogP contribution in [0.15, 0.2) is 54.6 Å². The van der Waals surface area contributed by atoms with Gasteiger partial charge in [-0.25, -0.2) is 0 Å². The summed E-state index contributed by atoms with van der Waals surface area (Å²) in [6, 6.07) is 16.6. The highest BCUT2D eigenvalue weighted by atomic mass is 35.5. The van der Waals surface area contributed by atoms with E-state index >= 15 is 0 Å². The van der Waals surface area contributed by atoms with Crippen molar-refractivity contribution in [2.24, 2.45) is 5.73 Å².